The second kappa shape index (κ2) is 8.44. The molecule has 29 heavy (non-hydrogen) atoms. The van der Waals surface area contributed by atoms with Crippen LogP contribution in [0.15, 0.2) is 35.2 Å². The fourth-order valence-corrected chi connectivity index (χ4v) is 5.23. The summed E-state index contributed by atoms with van der Waals surface area (Å²) in [5, 5.41) is 3.10. The largest absolute Gasteiger partial charge is 0.321 e. The zero-order valence-electron chi connectivity index (χ0n) is 17.1. The monoisotopic (exact) mass is 435 g/mol. The lowest BCUT2D eigenvalue weighted by Crippen LogP contribution is -2.47. The van der Waals surface area contributed by atoms with E-state index in [1.807, 2.05) is 40.0 Å². The number of nitrogens with one attached hydrogen (secondary N) is 1. The minimum atomic E-state index is -3.69. The Hall–Kier alpha value is -1.93. The van der Waals surface area contributed by atoms with Crippen molar-refractivity contribution in [3.63, 3.8) is 0 Å². The number of hydrogen-bond donors (Lipinski definition) is 1. The normalized spacial score (nSPS) is 16.0. The molecule has 0 unspecified atom stereocenters. The van der Waals surface area contributed by atoms with Gasteiger partial charge in [-0.15, -0.1) is 0 Å². The summed E-state index contributed by atoms with van der Waals surface area (Å²) in [5.74, 6) is -0.430. The lowest BCUT2D eigenvalue weighted by Gasteiger charge is -2.31. The Morgan fingerprint density at radius 2 is 1.59 bits per heavy atom. The third-order valence-corrected chi connectivity index (χ3v) is 7.42. The predicted octanol–water partition coefficient (Wildman–Crippen LogP) is 3.45. The summed E-state index contributed by atoms with van der Waals surface area (Å²) in [6, 6.07) is 8.25. The molecule has 0 atom stereocenters. The summed E-state index contributed by atoms with van der Waals surface area (Å²) >= 11 is 6.24. The molecule has 1 fully saturated rings. The van der Waals surface area contributed by atoms with Crippen LogP contribution in [0, 0.1) is 20.8 Å². The molecule has 8 heteroatoms. The van der Waals surface area contributed by atoms with E-state index in [-0.39, 0.29) is 15.5 Å². The Bertz CT molecular complexity index is 1020. The van der Waals surface area contributed by atoms with Crippen LogP contribution in [0.5, 0.6) is 0 Å². The van der Waals surface area contributed by atoms with Gasteiger partial charge in [-0.1, -0.05) is 29.3 Å². The van der Waals surface area contributed by atoms with Gasteiger partial charge in [0.2, 0.25) is 10.0 Å². The lowest BCUT2D eigenvalue weighted by molar-refractivity contribution is 0.102. The molecule has 1 aliphatic rings. The van der Waals surface area contributed by atoms with E-state index in [9.17, 15) is 13.2 Å². The number of halogens is 1. The quantitative estimate of drug-likeness (QED) is 0.798. The number of carbonyl (C=O) groups excluding carboxylic acids is 1. The summed E-state index contributed by atoms with van der Waals surface area (Å²) in [7, 11) is -1.72. The smallest absolute Gasteiger partial charge is 0.257 e. The molecular formula is C21H26ClN3O3S. The summed E-state index contributed by atoms with van der Waals surface area (Å²) in [6.07, 6.45) is 0. The van der Waals surface area contributed by atoms with E-state index in [0.717, 1.165) is 16.7 Å². The number of hydrogen-bond acceptors (Lipinski definition) is 4. The van der Waals surface area contributed by atoms with Crippen molar-refractivity contribution in [1.29, 1.82) is 0 Å². The van der Waals surface area contributed by atoms with Gasteiger partial charge in [0.1, 0.15) is 0 Å². The number of carbonyl (C=O) groups is 1. The molecule has 1 N–H and O–H groups in total. The standard InChI is InChI=1S/C21H26ClN3O3S/c1-14-11-15(2)20(16(3)12-14)23-21(26)18-13-17(5-6-19(18)22)29(27,28)25-9-7-24(4)8-10-25/h5-6,11-13H,7-10H2,1-4H3,(H,23,26). The van der Waals surface area contributed by atoms with Crippen molar-refractivity contribution in [3.05, 3.63) is 57.6 Å². The molecular weight excluding hydrogens is 410 g/mol. The highest BCUT2D eigenvalue weighted by Crippen LogP contribution is 2.27. The molecule has 1 aliphatic heterocycles. The second-order valence-corrected chi connectivity index (χ2v) is 9.92. The van der Waals surface area contributed by atoms with Gasteiger partial charge in [-0.2, -0.15) is 4.31 Å². The molecule has 0 saturated carbocycles. The van der Waals surface area contributed by atoms with E-state index in [1.54, 1.807) is 0 Å². The number of amides is 1. The van der Waals surface area contributed by atoms with Crippen molar-refractivity contribution in [2.24, 2.45) is 0 Å². The molecule has 3 rings (SSSR count). The maximum atomic E-state index is 13.0. The van der Waals surface area contributed by atoms with Crippen LogP contribution in [0.4, 0.5) is 5.69 Å². The summed E-state index contributed by atoms with van der Waals surface area (Å²) in [5.41, 5.74) is 3.84. The number of sulfonamides is 1. The van der Waals surface area contributed by atoms with Gasteiger partial charge in [0.15, 0.2) is 0 Å². The minimum absolute atomic E-state index is 0.0777. The molecule has 0 aliphatic carbocycles. The Morgan fingerprint density at radius 3 is 2.17 bits per heavy atom. The number of anilines is 1. The number of benzene rings is 2. The summed E-state index contributed by atoms with van der Waals surface area (Å²) < 4.78 is 27.5. The number of piperazine rings is 1. The Labute approximate surface area is 177 Å². The second-order valence-electron chi connectivity index (χ2n) is 7.58. The van der Waals surface area contributed by atoms with Gasteiger partial charge in [-0.25, -0.2) is 8.42 Å². The van der Waals surface area contributed by atoms with Gasteiger partial charge >= 0.3 is 0 Å². The van der Waals surface area contributed by atoms with Crippen LogP contribution in [0.1, 0.15) is 27.0 Å². The van der Waals surface area contributed by atoms with Crippen LogP contribution in [0.2, 0.25) is 5.02 Å². The van der Waals surface area contributed by atoms with Crippen LogP contribution in [-0.4, -0.2) is 56.8 Å². The van der Waals surface area contributed by atoms with Crippen molar-refractivity contribution in [2.45, 2.75) is 25.7 Å². The summed E-state index contributed by atoms with van der Waals surface area (Å²) in [6.45, 7) is 8.03. The minimum Gasteiger partial charge on any atom is -0.321 e. The highest BCUT2D eigenvalue weighted by molar-refractivity contribution is 7.89. The van der Waals surface area contributed by atoms with Crippen molar-refractivity contribution >= 4 is 33.2 Å². The SMILES string of the molecule is Cc1cc(C)c(NC(=O)c2cc(S(=O)(=O)N3CCN(C)CC3)ccc2Cl)c(C)c1. The molecule has 1 amide bonds. The Kier molecular flexibility index (Phi) is 6.33. The van der Waals surface area contributed by atoms with Crippen molar-refractivity contribution in [3.8, 4) is 0 Å². The first-order chi connectivity index (χ1) is 13.6. The maximum absolute atomic E-state index is 13.0. The highest BCUT2D eigenvalue weighted by atomic mass is 35.5. The van der Waals surface area contributed by atoms with Crippen LogP contribution in [-0.2, 0) is 10.0 Å². The topological polar surface area (TPSA) is 69.7 Å². The number of aryl methyl sites for hydroxylation is 3. The van der Waals surface area contributed by atoms with E-state index in [4.69, 9.17) is 11.6 Å². The van der Waals surface area contributed by atoms with Gasteiger partial charge in [-0.05, 0) is 57.1 Å². The van der Waals surface area contributed by atoms with Crippen LogP contribution < -0.4 is 5.32 Å². The fraction of sp³-hybridized carbons (Fsp3) is 0.381. The molecule has 156 valence electrons. The van der Waals surface area contributed by atoms with E-state index in [0.29, 0.717) is 31.9 Å². The number of rotatable bonds is 4. The first-order valence-electron chi connectivity index (χ1n) is 9.47. The van der Waals surface area contributed by atoms with E-state index in [1.165, 1.54) is 22.5 Å². The third-order valence-electron chi connectivity index (χ3n) is 5.20. The maximum Gasteiger partial charge on any atom is 0.257 e. The number of nitrogens with zero attached hydrogens (tertiary/aromatic N) is 2. The zero-order chi connectivity index (χ0) is 21.3. The first-order valence-corrected chi connectivity index (χ1v) is 11.3. The predicted molar refractivity (Wildman–Crippen MR) is 116 cm³/mol. The fourth-order valence-electron chi connectivity index (χ4n) is 3.57. The third kappa shape index (κ3) is 4.64. The van der Waals surface area contributed by atoms with E-state index >= 15 is 0 Å². The van der Waals surface area contributed by atoms with Gasteiger partial charge in [0, 0.05) is 31.9 Å². The zero-order valence-corrected chi connectivity index (χ0v) is 18.7. The van der Waals surface area contributed by atoms with Gasteiger partial charge in [-0.3, -0.25) is 4.79 Å². The van der Waals surface area contributed by atoms with Crippen LogP contribution in [0.25, 0.3) is 0 Å². The van der Waals surface area contributed by atoms with Gasteiger partial charge in [0.25, 0.3) is 5.91 Å². The molecule has 0 aromatic heterocycles. The van der Waals surface area contributed by atoms with Gasteiger partial charge < -0.3 is 10.2 Å². The molecule has 1 heterocycles. The van der Waals surface area contributed by atoms with E-state index < -0.39 is 15.9 Å². The Balaban J connectivity index is 1.90. The van der Waals surface area contributed by atoms with E-state index in [2.05, 4.69) is 10.2 Å². The van der Waals surface area contributed by atoms with Crippen molar-refractivity contribution < 1.29 is 13.2 Å². The average Bonchev–Trinajstić information content (AvgIpc) is 2.65. The lowest BCUT2D eigenvalue weighted by atomic mass is 10.0. The van der Waals surface area contributed by atoms with Crippen molar-refractivity contribution in [1.82, 2.24) is 9.21 Å². The number of likely N-dealkylation sites (N-methyl/N-ethyl adjacent to an activating group) is 1. The van der Waals surface area contributed by atoms with Crippen LogP contribution in [0.3, 0.4) is 0 Å². The molecule has 0 radical (unpaired) electrons. The summed E-state index contributed by atoms with van der Waals surface area (Å²) in [4.78, 5) is 15.1. The molecule has 1 saturated heterocycles. The molecule has 2 aromatic carbocycles. The first kappa shape index (κ1) is 21.8. The highest BCUT2D eigenvalue weighted by Gasteiger charge is 2.28. The van der Waals surface area contributed by atoms with Crippen molar-refractivity contribution in [2.75, 3.05) is 38.5 Å². The van der Waals surface area contributed by atoms with Crippen LogP contribution >= 0.6 is 11.6 Å². The Morgan fingerprint density at radius 1 is 1.00 bits per heavy atom. The molecule has 0 bridgehead atoms. The average molecular weight is 436 g/mol. The molecule has 0 spiro atoms. The van der Waals surface area contributed by atoms with Gasteiger partial charge in [0.05, 0.1) is 15.5 Å². The molecule has 6 nitrogen and oxygen atoms in total. The molecule has 2 aromatic rings.